The van der Waals surface area contributed by atoms with Crippen molar-refractivity contribution >= 4 is 17.7 Å². The average molecular weight is 211 g/mol. The zero-order valence-corrected chi connectivity index (χ0v) is 8.70. The van der Waals surface area contributed by atoms with Crippen LogP contribution in [0.3, 0.4) is 0 Å². The van der Waals surface area contributed by atoms with Crippen LogP contribution >= 0.6 is 0 Å². The minimum Gasteiger partial charge on any atom is -0.467 e. The number of hydrogen-bond acceptors (Lipinski definition) is 4. The molecule has 15 heavy (non-hydrogen) atoms. The van der Waals surface area contributed by atoms with Gasteiger partial charge in [0.1, 0.15) is 0 Å². The molecule has 1 rings (SSSR count). The van der Waals surface area contributed by atoms with Crippen LogP contribution in [0.1, 0.15) is 19.8 Å². The lowest BCUT2D eigenvalue weighted by Gasteiger charge is -2.30. The Bertz CT molecular complexity index is 334. The van der Waals surface area contributed by atoms with Crippen molar-refractivity contribution in [3.63, 3.8) is 0 Å². The topological polar surface area (TPSA) is 72.5 Å². The number of esters is 1. The number of methoxy groups -OCH3 is 1. The molecular formula is C10H13NO4. The monoisotopic (exact) mass is 211 g/mol. The highest BCUT2D eigenvalue weighted by Gasteiger charge is 2.40. The molecule has 0 spiro atoms. The fourth-order valence-corrected chi connectivity index (χ4v) is 1.54. The van der Waals surface area contributed by atoms with Crippen molar-refractivity contribution in [1.29, 1.82) is 0 Å². The Morgan fingerprint density at radius 2 is 2.20 bits per heavy atom. The molecule has 5 heteroatoms. The zero-order chi connectivity index (χ0) is 11.5. The van der Waals surface area contributed by atoms with Gasteiger partial charge in [-0.1, -0.05) is 0 Å². The molecule has 0 radical (unpaired) electrons. The van der Waals surface area contributed by atoms with Gasteiger partial charge in [0.05, 0.1) is 7.11 Å². The van der Waals surface area contributed by atoms with E-state index < -0.39 is 11.5 Å². The lowest BCUT2D eigenvalue weighted by atomic mass is 9.87. The molecule has 1 atom stereocenters. The third-order valence-electron chi connectivity index (χ3n) is 2.27. The van der Waals surface area contributed by atoms with E-state index in [1.54, 1.807) is 0 Å². The van der Waals surface area contributed by atoms with E-state index in [2.05, 4.69) is 10.1 Å². The Morgan fingerprint density at radius 3 is 2.60 bits per heavy atom. The Balaban J connectivity index is 2.97. The van der Waals surface area contributed by atoms with Gasteiger partial charge in [-0.25, -0.2) is 4.79 Å². The van der Waals surface area contributed by atoms with Gasteiger partial charge in [-0.2, -0.15) is 0 Å². The summed E-state index contributed by atoms with van der Waals surface area (Å²) in [6.07, 6.45) is 3.17. The number of rotatable bonds is 2. The van der Waals surface area contributed by atoms with Gasteiger partial charge < -0.3 is 10.1 Å². The third kappa shape index (κ3) is 2.43. The first-order valence-electron chi connectivity index (χ1n) is 4.59. The highest BCUT2D eigenvalue weighted by molar-refractivity contribution is 5.97. The summed E-state index contributed by atoms with van der Waals surface area (Å²) in [7, 11) is 1.25. The first-order valence-corrected chi connectivity index (χ1v) is 4.59. The highest BCUT2D eigenvalue weighted by atomic mass is 16.5. The molecule has 0 aromatic heterocycles. The molecule has 0 bridgehead atoms. The van der Waals surface area contributed by atoms with E-state index in [0.717, 1.165) is 0 Å². The summed E-state index contributed by atoms with van der Waals surface area (Å²) in [4.78, 5) is 33.5. The minimum atomic E-state index is -1.17. The van der Waals surface area contributed by atoms with Crippen molar-refractivity contribution in [3.05, 3.63) is 12.2 Å². The maximum absolute atomic E-state index is 11.5. The van der Waals surface area contributed by atoms with Gasteiger partial charge in [0.15, 0.2) is 11.3 Å². The predicted octanol–water partition coefficient (Wildman–Crippen LogP) is -0.0466. The van der Waals surface area contributed by atoms with Crippen LogP contribution < -0.4 is 5.32 Å². The summed E-state index contributed by atoms with van der Waals surface area (Å²) in [6, 6.07) is 0. The van der Waals surface area contributed by atoms with E-state index in [9.17, 15) is 14.4 Å². The van der Waals surface area contributed by atoms with Crippen molar-refractivity contribution in [2.45, 2.75) is 25.3 Å². The van der Waals surface area contributed by atoms with Gasteiger partial charge in [-0.3, -0.25) is 9.59 Å². The van der Waals surface area contributed by atoms with Crippen molar-refractivity contribution in [3.8, 4) is 0 Å². The van der Waals surface area contributed by atoms with Crippen LogP contribution in [0.2, 0.25) is 0 Å². The highest BCUT2D eigenvalue weighted by Crippen LogP contribution is 2.21. The molecular weight excluding hydrogens is 198 g/mol. The van der Waals surface area contributed by atoms with Crippen LogP contribution in [0.25, 0.3) is 0 Å². The van der Waals surface area contributed by atoms with E-state index in [4.69, 9.17) is 0 Å². The lowest BCUT2D eigenvalue weighted by Crippen LogP contribution is -2.54. The molecule has 1 amide bonds. The molecule has 1 unspecified atom stereocenters. The van der Waals surface area contributed by atoms with E-state index in [0.29, 0.717) is 0 Å². The third-order valence-corrected chi connectivity index (χ3v) is 2.27. The summed E-state index contributed by atoms with van der Waals surface area (Å²) in [5.41, 5.74) is -1.17. The number of ketones is 1. The first kappa shape index (κ1) is 11.4. The average Bonchev–Trinajstić information content (AvgIpc) is 2.20. The standard InChI is InChI=1S/C10H13NO4/c1-7(12)11-10(9(14)15-2)5-3-8(13)4-6-10/h3,5H,4,6H2,1-2H3,(H,11,12). The summed E-state index contributed by atoms with van der Waals surface area (Å²) in [6.45, 7) is 1.31. The SMILES string of the molecule is COC(=O)C1(NC(C)=O)C=CC(=O)CC1. The fourth-order valence-electron chi connectivity index (χ4n) is 1.54. The van der Waals surface area contributed by atoms with Gasteiger partial charge >= 0.3 is 5.97 Å². The summed E-state index contributed by atoms with van der Waals surface area (Å²) >= 11 is 0. The fraction of sp³-hybridized carbons (Fsp3) is 0.500. The molecule has 0 saturated heterocycles. The molecule has 0 heterocycles. The second-order valence-corrected chi connectivity index (χ2v) is 3.44. The molecule has 82 valence electrons. The Labute approximate surface area is 87.5 Å². The van der Waals surface area contributed by atoms with Crippen LogP contribution in [-0.4, -0.2) is 30.3 Å². The van der Waals surface area contributed by atoms with Crippen LogP contribution in [-0.2, 0) is 19.1 Å². The van der Waals surface area contributed by atoms with Crippen LogP contribution in [0.15, 0.2) is 12.2 Å². The Hall–Kier alpha value is -1.65. The minimum absolute atomic E-state index is 0.0557. The maximum atomic E-state index is 11.5. The molecule has 0 saturated carbocycles. The molecule has 0 fully saturated rings. The number of ether oxygens (including phenoxy) is 1. The molecule has 0 aliphatic heterocycles. The number of allylic oxidation sites excluding steroid dienone is 1. The zero-order valence-electron chi connectivity index (χ0n) is 8.70. The molecule has 1 aliphatic carbocycles. The number of carbonyl (C=O) groups excluding carboxylic acids is 3. The Morgan fingerprint density at radius 1 is 1.53 bits per heavy atom. The lowest BCUT2D eigenvalue weighted by molar-refractivity contribution is -0.149. The van der Waals surface area contributed by atoms with Gasteiger partial charge in [0.25, 0.3) is 0 Å². The molecule has 5 nitrogen and oxygen atoms in total. The molecule has 1 N–H and O–H groups in total. The van der Waals surface area contributed by atoms with Gasteiger partial charge in [-0.15, -0.1) is 0 Å². The number of amides is 1. The van der Waals surface area contributed by atoms with Gasteiger partial charge in [-0.05, 0) is 18.6 Å². The number of nitrogens with one attached hydrogen (secondary N) is 1. The first-order chi connectivity index (χ1) is 7.00. The van der Waals surface area contributed by atoms with Crippen molar-refractivity contribution in [2.75, 3.05) is 7.11 Å². The number of hydrogen-bond donors (Lipinski definition) is 1. The molecule has 1 aliphatic rings. The normalized spacial score (nSPS) is 24.8. The van der Waals surface area contributed by atoms with E-state index in [1.807, 2.05) is 0 Å². The Kier molecular flexibility index (Phi) is 3.24. The number of carbonyl (C=O) groups is 3. The second kappa shape index (κ2) is 4.25. The largest absolute Gasteiger partial charge is 0.467 e. The van der Waals surface area contributed by atoms with E-state index in [1.165, 1.54) is 26.2 Å². The quantitative estimate of drug-likeness (QED) is 0.650. The molecule has 0 aromatic rings. The second-order valence-electron chi connectivity index (χ2n) is 3.44. The van der Waals surface area contributed by atoms with Gasteiger partial charge in [0.2, 0.25) is 5.91 Å². The molecule has 0 aromatic carbocycles. The predicted molar refractivity (Wildman–Crippen MR) is 51.9 cm³/mol. The summed E-state index contributed by atoms with van der Waals surface area (Å²) < 4.78 is 4.61. The summed E-state index contributed by atoms with van der Waals surface area (Å²) in [5, 5.41) is 2.51. The van der Waals surface area contributed by atoms with Crippen molar-refractivity contribution < 1.29 is 19.1 Å². The van der Waals surface area contributed by atoms with E-state index in [-0.39, 0.29) is 24.5 Å². The van der Waals surface area contributed by atoms with E-state index >= 15 is 0 Å². The smallest absolute Gasteiger partial charge is 0.335 e. The van der Waals surface area contributed by atoms with Crippen molar-refractivity contribution in [1.82, 2.24) is 5.32 Å². The van der Waals surface area contributed by atoms with Gasteiger partial charge in [0, 0.05) is 13.3 Å². The summed E-state index contributed by atoms with van der Waals surface area (Å²) in [5.74, 6) is -0.944. The van der Waals surface area contributed by atoms with Crippen LogP contribution in [0, 0.1) is 0 Å². The maximum Gasteiger partial charge on any atom is 0.335 e. The van der Waals surface area contributed by atoms with Crippen molar-refractivity contribution in [2.24, 2.45) is 0 Å². The van der Waals surface area contributed by atoms with Crippen LogP contribution in [0.5, 0.6) is 0 Å². The van der Waals surface area contributed by atoms with Crippen LogP contribution in [0.4, 0.5) is 0 Å².